The van der Waals surface area contributed by atoms with Crippen molar-refractivity contribution in [2.45, 2.75) is 90.8 Å². The summed E-state index contributed by atoms with van der Waals surface area (Å²) in [6, 6.07) is 0. The number of nitrogens with zero attached hydrogens (tertiary/aromatic N) is 1. The smallest absolute Gasteiger partial charge is 0.120 e. The van der Waals surface area contributed by atoms with Crippen LogP contribution in [0.15, 0.2) is 0 Å². The zero-order valence-electron chi connectivity index (χ0n) is 14.0. The standard InChI is InChI=1S/C17H31NO2/c1-15(2)9-7-10-16(3,4)18(15)20-14-12-13(8-11-19)17(14,5)6/h11,13-14H,7-10,12H2,1-6H3/t13-,14-/m1/s1. The van der Waals surface area contributed by atoms with E-state index < -0.39 is 0 Å². The molecule has 0 bridgehead atoms. The molecular formula is C17H31NO2. The van der Waals surface area contributed by atoms with E-state index in [1.165, 1.54) is 19.3 Å². The zero-order valence-corrected chi connectivity index (χ0v) is 14.0. The molecular weight excluding hydrogens is 250 g/mol. The summed E-state index contributed by atoms with van der Waals surface area (Å²) in [6.07, 6.45) is 6.60. The molecule has 3 heteroatoms. The average molecular weight is 281 g/mol. The second-order valence-corrected chi connectivity index (χ2v) is 8.52. The summed E-state index contributed by atoms with van der Waals surface area (Å²) < 4.78 is 0. The fourth-order valence-electron chi connectivity index (χ4n) is 4.05. The number of piperidine rings is 1. The predicted molar refractivity (Wildman–Crippen MR) is 81.3 cm³/mol. The molecule has 2 atom stereocenters. The quantitative estimate of drug-likeness (QED) is 0.730. The molecule has 0 spiro atoms. The van der Waals surface area contributed by atoms with Gasteiger partial charge in [-0.2, -0.15) is 5.06 Å². The number of hydroxylamine groups is 2. The van der Waals surface area contributed by atoms with Crippen molar-refractivity contribution in [2.24, 2.45) is 11.3 Å². The molecule has 20 heavy (non-hydrogen) atoms. The van der Waals surface area contributed by atoms with Gasteiger partial charge in [0.1, 0.15) is 6.29 Å². The van der Waals surface area contributed by atoms with Gasteiger partial charge >= 0.3 is 0 Å². The highest BCUT2D eigenvalue weighted by atomic mass is 16.7. The molecule has 2 rings (SSSR count). The summed E-state index contributed by atoms with van der Waals surface area (Å²) >= 11 is 0. The summed E-state index contributed by atoms with van der Waals surface area (Å²) in [5, 5.41) is 2.26. The van der Waals surface area contributed by atoms with Crippen LogP contribution in [0.5, 0.6) is 0 Å². The van der Waals surface area contributed by atoms with Gasteiger partial charge in [0.2, 0.25) is 0 Å². The van der Waals surface area contributed by atoms with Gasteiger partial charge in [-0.05, 0) is 64.7 Å². The average Bonchev–Trinajstić information content (AvgIpc) is 2.30. The third-order valence-electron chi connectivity index (χ3n) is 5.67. The highest BCUT2D eigenvalue weighted by Gasteiger charge is 2.52. The normalized spacial score (nSPS) is 35.3. The monoisotopic (exact) mass is 281 g/mol. The van der Waals surface area contributed by atoms with Crippen molar-refractivity contribution in [1.29, 1.82) is 0 Å². The van der Waals surface area contributed by atoms with Crippen LogP contribution in [0.1, 0.15) is 73.6 Å². The maximum Gasteiger partial charge on any atom is 0.120 e. The van der Waals surface area contributed by atoms with Crippen LogP contribution in [0.3, 0.4) is 0 Å². The third-order valence-corrected chi connectivity index (χ3v) is 5.67. The molecule has 1 aliphatic heterocycles. The Morgan fingerprint density at radius 2 is 1.65 bits per heavy atom. The summed E-state index contributed by atoms with van der Waals surface area (Å²) in [6.45, 7) is 13.6. The summed E-state index contributed by atoms with van der Waals surface area (Å²) in [5.41, 5.74) is 0.283. The van der Waals surface area contributed by atoms with Gasteiger partial charge in [-0.15, -0.1) is 0 Å². The van der Waals surface area contributed by atoms with Crippen molar-refractivity contribution >= 4 is 6.29 Å². The summed E-state index contributed by atoms with van der Waals surface area (Å²) in [5.74, 6) is 0.473. The van der Waals surface area contributed by atoms with Crippen LogP contribution >= 0.6 is 0 Å². The Morgan fingerprint density at radius 3 is 2.10 bits per heavy atom. The fraction of sp³-hybridized carbons (Fsp3) is 0.941. The van der Waals surface area contributed by atoms with Gasteiger partial charge in [0.25, 0.3) is 0 Å². The Bertz CT molecular complexity index is 357. The van der Waals surface area contributed by atoms with Crippen LogP contribution in [0.4, 0.5) is 0 Å². The number of carbonyl (C=O) groups is 1. The Kier molecular flexibility index (Phi) is 4.07. The van der Waals surface area contributed by atoms with Crippen LogP contribution < -0.4 is 0 Å². The van der Waals surface area contributed by atoms with Crippen molar-refractivity contribution in [3.05, 3.63) is 0 Å². The Morgan fingerprint density at radius 1 is 1.10 bits per heavy atom. The summed E-state index contributed by atoms with van der Waals surface area (Å²) in [7, 11) is 0. The predicted octanol–water partition coefficient (Wildman–Crippen LogP) is 3.96. The van der Waals surface area contributed by atoms with E-state index in [1.807, 2.05) is 0 Å². The zero-order chi connectivity index (χ0) is 15.2. The highest BCUT2D eigenvalue weighted by Crippen LogP contribution is 2.51. The summed E-state index contributed by atoms with van der Waals surface area (Å²) in [4.78, 5) is 17.2. The van der Waals surface area contributed by atoms with Crippen molar-refractivity contribution in [3.63, 3.8) is 0 Å². The molecule has 0 N–H and O–H groups in total. The van der Waals surface area contributed by atoms with Crippen LogP contribution in [0.2, 0.25) is 0 Å². The van der Waals surface area contributed by atoms with E-state index in [1.54, 1.807) is 0 Å². The number of rotatable bonds is 4. The lowest BCUT2D eigenvalue weighted by Gasteiger charge is -2.58. The van der Waals surface area contributed by atoms with E-state index in [2.05, 4.69) is 46.6 Å². The van der Waals surface area contributed by atoms with E-state index in [0.29, 0.717) is 12.3 Å². The van der Waals surface area contributed by atoms with Crippen molar-refractivity contribution in [1.82, 2.24) is 5.06 Å². The van der Waals surface area contributed by atoms with Crippen LogP contribution in [-0.2, 0) is 9.63 Å². The lowest BCUT2D eigenvalue weighted by atomic mass is 9.59. The topological polar surface area (TPSA) is 29.5 Å². The highest BCUT2D eigenvalue weighted by molar-refractivity contribution is 5.50. The van der Waals surface area contributed by atoms with Gasteiger partial charge in [0.05, 0.1) is 6.10 Å². The van der Waals surface area contributed by atoms with E-state index in [4.69, 9.17) is 4.84 Å². The van der Waals surface area contributed by atoms with Gasteiger partial charge in [-0.1, -0.05) is 13.8 Å². The first-order valence-corrected chi connectivity index (χ1v) is 8.02. The number of carbonyl (C=O) groups excluding carboxylic acids is 1. The maximum atomic E-state index is 10.7. The number of aldehydes is 1. The minimum absolute atomic E-state index is 0.0908. The van der Waals surface area contributed by atoms with Gasteiger partial charge in [0.15, 0.2) is 0 Å². The minimum atomic E-state index is 0.0908. The second-order valence-electron chi connectivity index (χ2n) is 8.52. The molecule has 0 aromatic heterocycles. The number of hydrogen-bond acceptors (Lipinski definition) is 3. The molecule has 0 amide bonds. The first kappa shape index (κ1) is 16.0. The SMILES string of the molecule is CC1(C)[C@H](CC=O)C[C@H]1ON1C(C)(C)CCCC1(C)C. The fourth-order valence-corrected chi connectivity index (χ4v) is 4.05. The molecule has 0 aromatic carbocycles. The molecule has 3 nitrogen and oxygen atoms in total. The molecule has 0 radical (unpaired) electrons. The molecule has 1 saturated carbocycles. The molecule has 1 aliphatic carbocycles. The largest absolute Gasteiger partial charge is 0.303 e. The van der Waals surface area contributed by atoms with Crippen LogP contribution in [0, 0.1) is 11.3 Å². The molecule has 2 fully saturated rings. The third kappa shape index (κ3) is 2.67. The van der Waals surface area contributed by atoms with Crippen LogP contribution in [-0.4, -0.2) is 28.5 Å². The van der Waals surface area contributed by atoms with Crippen molar-refractivity contribution < 1.29 is 9.63 Å². The van der Waals surface area contributed by atoms with Crippen LogP contribution in [0.25, 0.3) is 0 Å². The number of hydrogen-bond donors (Lipinski definition) is 0. The van der Waals surface area contributed by atoms with Gasteiger partial charge in [-0.3, -0.25) is 4.84 Å². The van der Waals surface area contributed by atoms with Gasteiger partial charge in [-0.25, -0.2) is 0 Å². The van der Waals surface area contributed by atoms with E-state index in [0.717, 1.165) is 12.7 Å². The van der Waals surface area contributed by atoms with E-state index in [9.17, 15) is 4.79 Å². The van der Waals surface area contributed by atoms with Gasteiger partial charge in [0, 0.05) is 17.5 Å². The molecule has 1 saturated heterocycles. The molecule has 1 heterocycles. The lowest BCUT2D eigenvalue weighted by molar-refractivity contribution is -0.346. The van der Waals surface area contributed by atoms with Crippen molar-refractivity contribution in [3.8, 4) is 0 Å². The maximum absolute atomic E-state index is 10.7. The Labute approximate surface area is 124 Å². The van der Waals surface area contributed by atoms with E-state index in [-0.39, 0.29) is 22.6 Å². The minimum Gasteiger partial charge on any atom is -0.303 e. The first-order valence-electron chi connectivity index (χ1n) is 8.02. The lowest BCUT2D eigenvalue weighted by Crippen LogP contribution is -2.63. The first-order chi connectivity index (χ1) is 9.11. The second kappa shape index (κ2) is 5.10. The molecule has 0 aromatic rings. The Hall–Kier alpha value is -0.410. The molecule has 2 aliphatic rings. The van der Waals surface area contributed by atoms with Gasteiger partial charge < -0.3 is 4.79 Å². The Balaban J connectivity index is 2.07. The van der Waals surface area contributed by atoms with Crippen molar-refractivity contribution in [2.75, 3.05) is 0 Å². The van der Waals surface area contributed by atoms with E-state index >= 15 is 0 Å². The molecule has 116 valence electrons. The molecule has 0 unspecified atom stereocenters.